The molecule has 1 unspecified atom stereocenters. The Balaban J connectivity index is 2.28. The highest BCUT2D eigenvalue weighted by atomic mass is 35.5. The van der Waals surface area contributed by atoms with E-state index in [2.05, 4.69) is 10.6 Å². The molecular weight excluding hydrogens is 292 g/mol. The normalized spacial score (nSPS) is 11.9. The number of amides is 2. The number of carbonyl (C=O) groups is 2. The molecule has 2 amide bonds. The zero-order valence-corrected chi connectivity index (χ0v) is 11.6. The van der Waals surface area contributed by atoms with E-state index in [4.69, 9.17) is 21.8 Å². The second kappa shape index (κ2) is 7.98. The standard InChI is InChI=1S/C11H15ClN2O4S/c12-9-2-1-7(19-9)3-5-13-11(18)14-8(4-6-15)10(16)17/h1-2,8,15H,3-6H2,(H,16,17)(H2,13,14,18). The Morgan fingerprint density at radius 1 is 1.42 bits per heavy atom. The third-order valence-electron chi connectivity index (χ3n) is 2.31. The van der Waals surface area contributed by atoms with E-state index in [0.717, 1.165) is 4.88 Å². The minimum absolute atomic E-state index is 0.0245. The molecule has 0 aliphatic rings. The number of aliphatic carboxylic acids is 1. The van der Waals surface area contributed by atoms with Gasteiger partial charge in [-0.05, 0) is 18.6 Å². The third-order valence-corrected chi connectivity index (χ3v) is 3.60. The summed E-state index contributed by atoms with van der Waals surface area (Å²) in [6.07, 6.45) is 0.603. The lowest BCUT2D eigenvalue weighted by Crippen LogP contribution is -2.46. The van der Waals surface area contributed by atoms with Gasteiger partial charge in [0.25, 0.3) is 0 Å². The van der Waals surface area contributed by atoms with Gasteiger partial charge in [-0.25, -0.2) is 9.59 Å². The molecule has 0 fully saturated rings. The van der Waals surface area contributed by atoms with Crippen molar-refractivity contribution in [1.29, 1.82) is 0 Å². The average molecular weight is 307 g/mol. The lowest BCUT2D eigenvalue weighted by atomic mass is 10.2. The lowest BCUT2D eigenvalue weighted by Gasteiger charge is -2.13. The van der Waals surface area contributed by atoms with Gasteiger partial charge in [-0.3, -0.25) is 0 Å². The van der Waals surface area contributed by atoms with Gasteiger partial charge in [0, 0.05) is 24.4 Å². The quantitative estimate of drug-likeness (QED) is 0.606. The predicted molar refractivity (Wildman–Crippen MR) is 72.7 cm³/mol. The Morgan fingerprint density at radius 3 is 2.68 bits per heavy atom. The molecule has 6 nitrogen and oxygen atoms in total. The summed E-state index contributed by atoms with van der Waals surface area (Å²) in [5.74, 6) is -1.17. The number of urea groups is 1. The highest BCUT2D eigenvalue weighted by molar-refractivity contribution is 7.16. The maximum absolute atomic E-state index is 11.4. The highest BCUT2D eigenvalue weighted by Gasteiger charge is 2.18. The van der Waals surface area contributed by atoms with Crippen molar-refractivity contribution < 1.29 is 19.8 Å². The molecule has 106 valence electrons. The predicted octanol–water partition coefficient (Wildman–Crippen LogP) is 1.08. The maximum Gasteiger partial charge on any atom is 0.326 e. The second-order valence-electron chi connectivity index (χ2n) is 3.76. The Hall–Kier alpha value is -1.31. The molecule has 4 N–H and O–H groups in total. The summed E-state index contributed by atoms with van der Waals surface area (Å²) in [5.41, 5.74) is 0. The zero-order valence-electron chi connectivity index (χ0n) is 10.1. The lowest BCUT2D eigenvalue weighted by molar-refractivity contribution is -0.139. The topological polar surface area (TPSA) is 98.7 Å². The van der Waals surface area contributed by atoms with E-state index in [9.17, 15) is 9.59 Å². The van der Waals surface area contributed by atoms with Crippen LogP contribution in [0.5, 0.6) is 0 Å². The van der Waals surface area contributed by atoms with Crippen LogP contribution < -0.4 is 10.6 Å². The molecule has 0 saturated heterocycles. The summed E-state index contributed by atoms with van der Waals surface area (Å²) >= 11 is 7.20. The molecule has 0 aliphatic heterocycles. The first kappa shape index (κ1) is 15.7. The number of carboxylic acids is 1. The number of hydrogen-bond donors (Lipinski definition) is 4. The molecule has 1 aromatic rings. The first-order valence-corrected chi connectivity index (χ1v) is 6.84. The number of nitrogens with one attached hydrogen (secondary N) is 2. The number of carboxylic acid groups (broad SMARTS) is 1. The van der Waals surface area contributed by atoms with Gasteiger partial charge < -0.3 is 20.8 Å². The molecule has 1 aromatic heterocycles. The number of hydrogen-bond acceptors (Lipinski definition) is 4. The Kier molecular flexibility index (Phi) is 6.61. The van der Waals surface area contributed by atoms with Crippen molar-refractivity contribution in [3.05, 3.63) is 21.3 Å². The molecule has 1 heterocycles. The smallest absolute Gasteiger partial charge is 0.326 e. The fourth-order valence-electron chi connectivity index (χ4n) is 1.38. The molecule has 8 heteroatoms. The van der Waals surface area contributed by atoms with Crippen LogP contribution in [-0.2, 0) is 11.2 Å². The van der Waals surface area contributed by atoms with Gasteiger partial charge in [0.15, 0.2) is 0 Å². The van der Waals surface area contributed by atoms with Crippen molar-refractivity contribution in [3.8, 4) is 0 Å². The van der Waals surface area contributed by atoms with Crippen LogP contribution in [0.3, 0.4) is 0 Å². The summed E-state index contributed by atoms with van der Waals surface area (Å²) in [7, 11) is 0. The van der Waals surface area contributed by atoms with E-state index < -0.39 is 18.0 Å². The average Bonchev–Trinajstić information content (AvgIpc) is 2.74. The van der Waals surface area contributed by atoms with E-state index in [0.29, 0.717) is 17.3 Å². The number of rotatable bonds is 7. The third kappa shape index (κ3) is 5.91. The van der Waals surface area contributed by atoms with Gasteiger partial charge in [0.1, 0.15) is 6.04 Å². The van der Waals surface area contributed by atoms with Crippen molar-refractivity contribution >= 4 is 34.9 Å². The molecule has 0 aliphatic carbocycles. The van der Waals surface area contributed by atoms with Gasteiger partial charge >= 0.3 is 12.0 Å². The molecule has 0 bridgehead atoms. The van der Waals surface area contributed by atoms with E-state index in [1.165, 1.54) is 11.3 Å². The van der Waals surface area contributed by atoms with E-state index in [1.54, 1.807) is 6.07 Å². The van der Waals surface area contributed by atoms with Gasteiger partial charge in [-0.1, -0.05) is 11.6 Å². The highest BCUT2D eigenvalue weighted by Crippen LogP contribution is 2.21. The summed E-state index contributed by atoms with van der Waals surface area (Å²) in [6, 6.07) is 2.01. The SMILES string of the molecule is O=C(NCCc1ccc(Cl)s1)NC(CCO)C(=O)O. The number of aliphatic hydroxyl groups is 1. The van der Waals surface area contributed by atoms with Crippen LogP contribution in [0.25, 0.3) is 0 Å². The summed E-state index contributed by atoms with van der Waals surface area (Å²) in [5, 5.41) is 22.3. The van der Waals surface area contributed by atoms with Gasteiger partial charge in [0.05, 0.1) is 4.34 Å². The van der Waals surface area contributed by atoms with Crippen LogP contribution in [0.2, 0.25) is 4.34 Å². The largest absolute Gasteiger partial charge is 0.480 e. The molecule has 1 atom stereocenters. The molecule has 0 spiro atoms. The van der Waals surface area contributed by atoms with E-state index in [-0.39, 0.29) is 13.0 Å². The Labute approximate surface area is 119 Å². The fourth-order valence-corrected chi connectivity index (χ4v) is 2.47. The number of halogens is 1. The summed E-state index contributed by atoms with van der Waals surface area (Å²) in [4.78, 5) is 23.2. The van der Waals surface area contributed by atoms with Crippen LogP contribution >= 0.6 is 22.9 Å². The molecule has 0 aromatic carbocycles. The van der Waals surface area contributed by atoms with Crippen LogP contribution in [0.4, 0.5) is 4.79 Å². The Bertz CT molecular complexity index is 438. The monoisotopic (exact) mass is 306 g/mol. The fraction of sp³-hybridized carbons (Fsp3) is 0.455. The zero-order chi connectivity index (χ0) is 14.3. The first-order chi connectivity index (χ1) is 9.02. The van der Waals surface area contributed by atoms with Crippen LogP contribution in [0.1, 0.15) is 11.3 Å². The van der Waals surface area contributed by atoms with E-state index in [1.807, 2.05) is 6.07 Å². The van der Waals surface area contributed by atoms with Crippen LogP contribution in [0.15, 0.2) is 12.1 Å². The molecule has 0 radical (unpaired) electrons. The number of thiophene rings is 1. The van der Waals surface area contributed by atoms with Crippen molar-refractivity contribution in [2.24, 2.45) is 0 Å². The Morgan fingerprint density at radius 2 is 2.16 bits per heavy atom. The van der Waals surface area contributed by atoms with Gasteiger partial charge in [-0.15, -0.1) is 11.3 Å². The number of aliphatic hydroxyl groups excluding tert-OH is 1. The minimum atomic E-state index is -1.17. The second-order valence-corrected chi connectivity index (χ2v) is 5.56. The molecule has 19 heavy (non-hydrogen) atoms. The number of carbonyl (C=O) groups excluding carboxylic acids is 1. The van der Waals surface area contributed by atoms with Gasteiger partial charge in [-0.2, -0.15) is 0 Å². The molecule has 0 saturated carbocycles. The first-order valence-electron chi connectivity index (χ1n) is 5.65. The van der Waals surface area contributed by atoms with E-state index >= 15 is 0 Å². The molecule has 1 rings (SSSR count). The summed E-state index contributed by atoms with van der Waals surface area (Å²) in [6.45, 7) is 0.0824. The minimum Gasteiger partial charge on any atom is -0.480 e. The van der Waals surface area contributed by atoms with Crippen LogP contribution in [-0.4, -0.2) is 41.4 Å². The maximum atomic E-state index is 11.4. The molecular formula is C11H15ClN2O4S. The van der Waals surface area contributed by atoms with Crippen molar-refractivity contribution in [3.63, 3.8) is 0 Å². The van der Waals surface area contributed by atoms with Crippen LogP contribution in [0, 0.1) is 0 Å². The van der Waals surface area contributed by atoms with Gasteiger partial charge in [0.2, 0.25) is 0 Å². The van der Waals surface area contributed by atoms with Crippen molar-refractivity contribution in [1.82, 2.24) is 10.6 Å². The summed E-state index contributed by atoms with van der Waals surface area (Å²) < 4.78 is 0.688. The van der Waals surface area contributed by atoms with Crippen molar-refractivity contribution in [2.45, 2.75) is 18.9 Å². The van der Waals surface area contributed by atoms with Crippen molar-refractivity contribution in [2.75, 3.05) is 13.2 Å².